The first-order valence-electron chi connectivity index (χ1n) is 10.1. The van der Waals surface area contributed by atoms with E-state index in [0.29, 0.717) is 13.0 Å². The largest absolute Gasteiger partial charge is 0.392 e. The van der Waals surface area contributed by atoms with Crippen LogP contribution in [0.25, 0.3) is 0 Å². The molecule has 0 spiro atoms. The summed E-state index contributed by atoms with van der Waals surface area (Å²) in [6, 6.07) is 6.67. The summed E-state index contributed by atoms with van der Waals surface area (Å²) >= 11 is 0. The first kappa shape index (κ1) is 21.1. The van der Waals surface area contributed by atoms with Gasteiger partial charge in [-0.15, -0.1) is 0 Å². The molecule has 1 aliphatic rings. The topological polar surface area (TPSA) is 95.6 Å². The van der Waals surface area contributed by atoms with E-state index in [9.17, 15) is 15.2 Å². The first-order valence-corrected chi connectivity index (χ1v) is 10.1. The van der Waals surface area contributed by atoms with Crippen LogP contribution in [0.15, 0.2) is 24.3 Å². The molecule has 1 aliphatic heterocycles. The van der Waals surface area contributed by atoms with Crippen LogP contribution < -0.4 is 4.90 Å². The van der Waals surface area contributed by atoms with Gasteiger partial charge in [0.25, 0.3) is 5.69 Å². The van der Waals surface area contributed by atoms with Crippen molar-refractivity contribution in [3.05, 3.63) is 57.0 Å². The van der Waals surface area contributed by atoms with Crippen molar-refractivity contribution in [2.24, 2.45) is 0 Å². The molecular formula is C21H29N5O3. The summed E-state index contributed by atoms with van der Waals surface area (Å²) in [5.74, 6) is 1.69. The first-order chi connectivity index (χ1) is 13.9. The number of β-amino-alcohol motifs (C(OH)–C–C–N with tert-alkyl or cyclic N) is 1. The van der Waals surface area contributed by atoms with Crippen molar-refractivity contribution in [1.82, 2.24) is 14.9 Å². The second-order valence-electron chi connectivity index (χ2n) is 7.61. The highest BCUT2D eigenvalue weighted by Crippen LogP contribution is 2.26. The number of hydrogen-bond acceptors (Lipinski definition) is 7. The van der Waals surface area contributed by atoms with Crippen LogP contribution in [0.3, 0.4) is 0 Å². The van der Waals surface area contributed by atoms with E-state index < -0.39 is 0 Å². The lowest BCUT2D eigenvalue weighted by atomic mass is 10.0. The smallest absolute Gasteiger partial charge is 0.269 e. The Hall–Kier alpha value is -2.58. The quantitative estimate of drug-likeness (QED) is 0.564. The fraction of sp³-hybridized carbons (Fsp3) is 0.524. The van der Waals surface area contributed by atoms with Crippen molar-refractivity contribution in [3.63, 3.8) is 0 Å². The molecule has 1 unspecified atom stereocenters. The van der Waals surface area contributed by atoms with Crippen LogP contribution in [-0.2, 0) is 6.42 Å². The van der Waals surface area contributed by atoms with Gasteiger partial charge in [0.2, 0.25) is 0 Å². The highest BCUT2D eigenvalue weighted by atomic mass is 16.6. The molecule has 1 atom stereocenters. The zero-order chi connectivity index (χ0) is 21.0. The van der Waals surface area contributed by atoms with Gasteiger partial charge in [0.1, 0.15) is 11.6 Å². The molecular weight excluding hydrogens is 370 g/mol. The van der Waals surface area contributed by atoms with E-state index in [0.717, 1.165) is 61.1 Å². The highest BCUT2D eigenvalue weighted by molar-refractivity contribution is 5.52. The number of nitro benzene ring substituents is 1. The Morgan fingerprint density at radius 2 is 1.79 bits per heavy atom. The lowest BCUT2D eigenvalue weighted by molar-refractivity contribution is -0.384. The number of anilines is 1. The van der Waals surface area contributed by atoms with E-state index in [1.54, 1.807) is 12.1 Å². The maximum absolute atomic E-state index is 10.9. The molecule has 1 N–H and O–H groups in total. The number of piperazine rings is 1. The molecule has 8 nitrogen and oxygen atoms in total. The van der Waals surface area contributed by atoms with Crippen LogP contribution in [0.2, 0.25) is 0 Å². The van der Waals surface area contributed by atoms with Crippen molar-refractivity contribution in [1.29, 1.82) is 0 Å². The molecule has 29 heavy (non-hydrogen) atoms. The molecule has 0 aliphatic carbocycles. The second kappa shape index (κ2) is 9.28. The number of rotatable bonds is 7. The van der Waals surface area contributed by atoms with Crippen molar-refractivity contribution >= 4 is 11.5 Å². The lowest BCUT2D eigenvalue weighted by Crippen LogP contribution is -2.49. The van der Waals surface area contributed by atoms with Crippen molar-refractivity contribution in [3.8, 4) is 0 Å². The van der Waals surface area contributed by atoms with Gasteiger partial charge < -0.3 is 10.0 Å². The third kappa shape index (κ3) is 5.27. The van der Waals surface area contributed by atoms with E-state index in [4.69, 9.17) is 4.98 Å². The van der Waals surface area contributed by atoms with E-state index in [1.165, 1.54) is 12.1 Å². The summed E-state index contributed by atoms with van der Waals surface area (Å²) in [5, 5.41) is 20.8. The number of benzene rings is 1. The highest BCUT2D eigenvalue weighted by Gasteiger charge is 2.23. The number of hydrogen-bond donors (Lipinski definition) is 1. The predicted octanol–water partition coefficient (Wildman–Crippen LogP) is 2.49. The van der Waals surface area contributed by atoms with Gasteiger partial charge in [-0.2, -0.15) is 0 Å². The average Bonchev–Trinajstić information content (AvgIpc) is 2.70. The van der Waals surface area contributed by atoms with E-state index in [1.807, 2.05) is 20.8 Å². The molecule has 1 saturated heterocycles. The Kier molecular flexibility index (Phi) is 6.76. The van der Waals surface area contributed by atoms with Gasteiger partial charge in [-0.05, 0) is 25.8 Å². The monoisotopic (exact) mass is 399 g/mol. The molecule has 0 bridgehead atoms. The minimum Gasteiger partial charge on any atom is -0.392 e. The number of aliphatic hydroxyl groups excluding tert-OH is 1. The van der Waals surface area contributed by atoms with Crippen molar-refractivity contribution in [2.75, 3.05) is 37.6 Å². The van der Waals surface area contributed by atoms with Crippen LogP contribution in [0.5, 0.6) is 0 Å². The van der Waals surface area contributed by atoms with Gasteiger partial charge in [0, 0.05) is 62.5 Å². The zero-order valence-corrected chi connectivity index (χ0v) is 17.3. The fourth-order valence-electron chi connectivity index (χ4n) is 3.70. The Morgan fingerprint density at radius 1 is 1.14 bits per heavy atom. The second-order valence-corrected chi connectivity index (χ2v) is 7.61. The van der Waals surface area contributed by atoms with Crippen LogP contribution >= 0.6 is 0 Å². The van der Waals surface area contributed by atoms with Crippen molar-refractivity contribution < 1.29 is 10.0 Å². The minimum absolute atomic E-state index is 0.0937. The summed E-state index contributed by atoms with van der Waals surface area (Å²) in [4.78, 5) is 24.4. The number of nitro groups is 1. The number of aryl methyl sites for hydroxylation is 2. The molecule has 0 radical (unpaired) electrons. The minimum atomic E-state index is -0.385. The number of aliphatic hydroxyl groups is 1. The Balaban J connectivity index is 1.78. The van der Waals surface area contributed by atoms with E-state index >= 15 is 0 Å². The molecule has 8 heteroatoms. The summed E-state index contributed by atoms with van der Waals surface area (Å²) in [5.41, 5.74) is 3.09. The van der Waals surface area contributed by atoms with Gasteiger partial charge in [0.15, 0.2) is 0 Å². The molecule has 1 aromatic heterocycles. The standard InChI is InChI=1S/C21H29N5O3/c1-4-19(27)14-24-9-11-25(12-10-24)21-20(15(2)22-16(3)23-21)13-17-5-7-18(8-6-17)26(28)29/h5-8,19,27H,4,9-14H2,1-3H3. The molecule has 156 valence electrons. The SMILES string of the molecule is CCC(O)CN1CCN(c2nc(C)nc(C)c2Cc2ccc([N+](=O)[O-])cc2)CC1. The third-order valence-corrected chi connectivity index (χ3v) is 5.44. The lowest BCUT2D eigenvalue weighted by Gasteiger charge is -2.37. The Bertz CT molecular complexity index is 848. The normalized spacial score (nSPS) is 16.1. The zero-order valence-electron chi connectivity index (χ0n) is 17.3. The van der Waals surface area contributed by atoms with Gasteiger partial charge in [-0.25, -0.2) is 9.97 Å². The fourth-order valence-corrected chi connectivity index (χ4v) is 3.70. The third-order valence-electron chi connectivity index (χ3n) is 5.44. The number of aromatic nitrogens is 2. The molecule has 0 saturated carbocycles. The molecule has 2 heterocycles. The van der Waals surface area contributed by atoms with Crippen LogP contribution in [0.1, 0.15) is 36.0 Å². The molecule has 3 rings (SSSR count). The van der Waals surface area contributed by atoms with Crippen LogP contribution in [-0.4, -0.2) is 63.7 Å². The van der Waals surface area contributed by atoms with Gasteiger partial charge >= 0.3 is 0 Å². The van der Waals surface area contributed by atoms with Gasteiger partial charge in [-0.1, -0.05) is 19.1 Å². The Morgan fingerprint density at radius 3 is 2.38 bits per heavy atom. The molecule has 1 fully saturated rings. The number of non-ortho nitro benzene ring substituents is 1. The van der Waals surface area contributed by atoms with Crippen LogP contribution in [0.4, 0.5) is 11.5 Å². The summed E-state index contributed by atoms with van der Waals surface area (Å²) in [6.45, 7) is 10.1. The summed E-state index contributed by atoms with van der Waals surface area (Å²) < 4.78 is 0. The molecule has 1 aromatic carbocycles. The summed E-state index contributed by atoms with van der Waals surface area (Å²) in [7, 11) is 0. The maximum atomic E-state index is 10.9. The van der Waals surface area contributed by atoms with E-state index in [2.05, 4.69) is 14.8 Å². The number of nitrogens with zero attached hydrogens (tertiary/aromatic N) is 5. The van der Waals surface area contributed by atoms with Gasteiger partial charge in [-0.3, -0.25) is 15.0 Å². The molecule has 0 amide bonds. The Labute approximate surface area is 171 Å². The summed E-state index contributed by atoms with van der Waals surface area (Å²) in [6.07, 6.45) is 1.13. The van der Waals surface area contributed by atoms with Gasteiger partial charge in [0.05, 0.1) is 11.0 Å². The average molecular weight is 399 g/mol. The maximum Gasteiger partial charge on any atom is 0.269 e. The molecule has 2 aromatic rings. The van der Waals surface area contributed by atoms with Crippen molar-refractivity contribution in [2.45, 2.75) is 39.7 Å². The predicted molar refractivity (Wildman–Crippen MR) is 112 cm³/mol. The van der Waals surface area contributed by atoms with Crippen LogP contribution in [0, 0.1) is 24.0 Å². The van der Waals surface area contributed by atoms with E-state index in [-0.39, 0.29) is 16.7 Å².